The average Bonchev–Trinajstić information content (AvgIpc) is 2.47. The number of pyridine rings is 1. The van der Waals surface area contributed by atoms with Crippen molar-refractivity contribution in [2.24, 2.45) is 7.05 Å². The lowest BCUT2D eigenvalue weighted by molar-refractivity contribution is 0.582. The third kappa shape index (κ3) is 1.05. The summed E-state index contributed by atoms with van der Waals surface area (Å²) >= 11 is 0. The molecule has 3 nitrogen and oxygen atoms in total. The number of hydrogen-bond acceptors (Lipinski definition) is 2. The van der Waals surface area contributed by atoms with Crippen LogP contribution >= 0.6 is 0 Å². The molecule has 0 amide bonds. The summed E-state index contributed by atoms with van der Waals surface area (Å²) in [5.74, 6) is -0.711. The quantitative estimate of drug-likeness (QED) is 0.570. The Kier molecular flexibility index (Phi) is 1.52. The lowest BCUT2D eigenvalue weighted by Gasteiger charge is -1.96. The third-order valence-electron chi connectivity index (χ3n) is 1.92. The number of rotatable bonds is 0. The van der Waals surface area contributed by atoms with Crippen LogP contribution < -0.4 is 0 Å². The Morgan fingerprint density at radius 1 is 1.62 bits per heavy atom. The van der Waals surface area contributed by atoms with Crippen LogP contribution in [0.3, 0.4) is 0 Å². The van der Waals surface area contributed by atoms with Gasteiger partial charge >= 0.3 is 0 Å². The van der Waals surface area contributed by atoms with Gasteiger partial charge in [0.1, 0.15) is 17.3 Å². The lowest BCUT2D eigenvalue weighted by atomic mass is 10.2. The van der Waals surface area contributed by atoms with Gasteiger partial charge in [0.05, 0.1) is 0 Å². The number of nitriles is 1. The highest BCUT2D eigenvalue weighted by Crippen LogP contribution is 2.15. The molecule has 2 aromatic heterocycles. The van der Waals surface area contributed by atoms with Crippen molar-refractivity contribution in [1.82, 2.24) is 9.55 Å². The Balaban J connectivity index is 2.85. The monoisotopic (exact) mass is 175 g/mol. The Morgan fingerprint density at radius 2 is 2.38 bits per heavy atom. The summed E-state index contributed by atoms with van der Waals surface area (Å²) in [5.41, 5.74) is 0.537. The molecular formula is C9H6FN3. The molecule has 0 N–H and O–H groups in total. The summed E-state index contributed by atoms with van der Waals surface area (Å²) in [6, 6.07) is 5.04. The summed E-state index contributed by atoms with van der Waals surface area (Å²) in [6.45, 7) is 0. The van der Waals surface area contributed by atoms with Crippen molar-refractivity contribution in [3.63, 3.8) is 0 Å². The Labute approximate surface area is 74.0 Å². The second-order valence-electron chi connectivity index (χ2n) is 2.78. The van der Waals surface area contributed by atoms with E-state index in [0.717, 1.165) is 5.39 Å². The predicted molar refractivity (Wildman–Crippen MR) is 45.4 cm³/mol. The summed E-state index contributed by atoms with van der Waals surface area (Å²) in [4.78, 5) is 3.68. The molecule has 2 aromatic rings. The van der Waals surface area contributed by atoms with Crippen LogP contribution in [0.2, 0.25) is 0 Å². The van der Waals surface area contributed by atoms with Crippen molar-refractivity contribution in [3.05, 3.63) is 29.8 Å². The third-order valence-corrected chi connectivity index (χ3v) is 1.92. The molecule has 0 bridgehead atoms. The zero-order valence-corrected chi connectivity index (χ0v) is 6.95. The Morgan fingerprint density at radius 3 is 3.08 bits per heavy atom. The van der Waals surface area contributed by atoms with Crippen LogP contribution in [0, 0.1) is 17.3 Å². The number of nitrogens with zero attached hydrogens (tertiary/aromatic N) is 3. The van der Waals surface area contributed by atoms with Crippen LogP contribution in [0.4, 0.5) is 4.39 Å². The number of fused-ring (bicyclic) bond motifs is 1. The highest BCUT2D eigenvalue weighted by Gasteiger charge is 2.07. The molecule has 0 atom stereocenters. The van der Waals surface area contributed by atoms with Gasteiger partial charge in [-0.3, -0.25) is 0 Å². The van der Waals surface area contributed by atoms with Gasteiger partial charge in [0.25, 0.3) is 0 Å². The summed E-state index contributed by atoms with van der Waals surface area (Å²) < 4.78 is 14.7. The van der Waals surface area contributed by atoms with Crippen molar-refractivity contribution in [3.8, 4) is 6.07 Å². The second-order valence-corrected chi connectivity index (χ2v) is 2.78. The Hall–Kier alpha value is -1.89. The van der Waals surface area contributed by atoms with E-state index in [1.165, 1.54) is 6.07 Å². The first-order valence-electron chi connectivity index (χ1n) is 3.74. The molecule has 2 heterocycles. The minimum atomic E-state index is -0.711. The largest absolute Gasteiger partial charge is 0.335 e. The average molecular weight is 175 g/mol. The fourth-order valence-electron chi connectivity index (χ4n) is 1.24. The number of aromatic nitrogens is 2. The van der Waals surface area contributed by atoms with E-state index in [9.17, 15) is 4.39 Å². The molecule has 4 heteroatoms. The highest BCUT2D eigenvalue weighted by molar-refractivity contribution is 5.77. The molecule has 0 aromatic carbocycles. The number of halogens is 1. The van der Waals surface area contributed by atoms with E-state index < -0.39 is 5.95 Å². The molecule has 2 rings (SSSR count). The fraction of sp³-hybridized carbons (Fsp3) is 0.111. The van der Waals surface area contributed by atoms with Crippen molar-refractivity contribution < 1.29 is 4.39 Å². The minimum absolute atomic E-state index is 0.0151. The van der Waals surface area contributed by atoms with Gasteiger partial charge in [-0.2, -0.15) is 9.65 Å². The van der Waals surface area contributed by atoms with Crippen LogP contribution in [-0.4, -0.2) is 9.55 Å². The summed E-state index contributed by atoms with van der Waals surface area (Å²) in [6.07, 6.45) is 1.78. The molecule has 0 aliphatic carbocycles. The van der Waals surface area contributed by atoms with E-state index in [4.69, 9.17) is 5.26 Å². The lowest BCUT2D eigenvalue weighted by Crippen LogP contribution is -1.93. The molecular weight excluding hydrogens is 169 g/mol. The van der Waals surface area contributed by atoms with Crippen molar-refractivity contribution in [2.75, 3.05) is 0 Å². The fourth-order valence-corrected chi connectivity index (χ4v) is 1.24. The van der Waals surface area contributed by atoms with Crippen LogP contribution in [0.25, 0.3) is 11.0 Å². The predicted octanol–water partition coefficient (Wildman–Crippen LogP) is 1.58. The standard InChI is InChI=1S/C9H6FN3/c1-13-3-2-6-4-7(5-11)8(10)12-9(6)13/h2-4H,1H3. The van der Waals surface area contributed by atoms with E-state index in [1.54, 1.807) is 29.9 Å². The SMILES string of the molecule is Cn1ccc2cc(C#N)c(F)nc21. The topological polar surface area (TPSA) is 41.6 Å². The normalized spacial score (nSPS) is 10.2. The van der Waals surface area contributed by atoms with Gasteiger partial charge in [-0.05, 0) is 12.1 Å². The summed E-state index contributed by atoms with van der Waals surface area (Å²) in [7, 11) is 1.78. The smallest absolute Gasteiger partial charge is 0.232 e. The molecule has 0 saturated carbocycles. The molecule has 0 radical (unpaired) electrons. The van der Waals surface area contributed by atoms with Gasteiger partial charge in [-0.25, -0.2) is 4.98 Å². The van der Waals surface area contributed by atoms with Gasteiger partial charge < -0.3 is 4.57 Å². The van der Waals surface area contributed by atoms with Crippen molar-refractivity contribution >= 4 is 11.0 Å². The molecule has 64 valence electrons. The van der Waals surface area contributed by atoms with E-state index in [-0.39, 0.29) is 5.56 Å². The highest BCUT2D eigenvalue weighted by atomic mass is 19.1. The van der Waals surface area contributed by atoms with Crippen LogP contribution in [0.15, 0.2) is 18.3 Å². The maximum absolute atomic E-state index is 13.0. The first-order valence-corrected chi connectivity index (χ1v) is 3.74. The van der Waals surface area contributed by atoms with Crippen molar-refractivity contribution in [2.45, 2.75) is 0 Å². The van der Waals surface area contributed by atoms with Gasteiger partial charge in [0, 0.05) is 18.6 Å². The molecule has 0 fully saturated rings. The zero-order valence-electron chi connectivity index (χ0n) is 6.95. The van der Waals surface area contributed by atoms with Crippen molar-refractivity contribution in [1.29, 1.82) is 5.26 Å². The molecule has 0 saturated heterocycles. The first kappa shape index (κ1) is 7.74. The summed E-state index contributed by atoms with van der Waals surface area (Å²) in [5, 5.41) is 9.33. The van der Waals surface area contributed by atoms with Crippen LogP contribution in [0.1, 0.15) is 5.56 Å². The van der Waals surface area contributed by atoms with E-state index in [1.807, 2.05) is 0 Å². The maximum atomic E-state index is 13.0. The van der Waals surface area contributed by atoms with E-state index in [2.05, 4.69) is 4.98 Å². The van der Waals surface area contributed by atoms with Gasteiger partial charge in [-0.1, -0.05) is 0 Å². The van der Waals surface area contributed by atoms with E-state index >= 15 is 0 Å². The van der Waals surface area contributed by atoms with E-state index in [0.29, 0.717) is 5.65 Å². The maximum Gasteiger partial charge on any atom is 0.232 e. The molecule has 0 aliphatic heterocycles. The van der Waals surface area contributed by atoms with Crippen LogP contribution in [-0.2, 0) is 7.05 Å². The molecule has 0 spiro atoms. The van der Waals surface area contributed by atoms with Gasteiger partial charge in [-0.15, -0.1) is 0 Å². The van der Waals surface area contributed by atoms with Gasteiger partial charge in [0.2, 0.25) is 5.95 Å². The molecule has 0 unspecified atom stereocenters. The first-order chi connectivity index (χ1) is 6.22. The van der Waals surface area contributed by atoms with Gasteiger partial charge in [0.15, 0.2) is 0 Å². The molecule has 0 aliphatic rings. The second kappa shape index (κ2) is 2.56. The zero-order chi connectivity index (χ0) is 9.42. The number of hydrogen-bond donors (Lipinski definition) is 0. The Bertz CT molecular complexity index is 507. The van der Waals surface area contributed by atoms with Crippen LogP contribution in [0.5, 0.6) is 0 Å². The minimum Gasteiger partial charge on any atom is -0.335 e. The number of aryl methyl sites for hydroxylation is 1. The molecule has 13 heavy (non-hydrogen) atoms.